The van der Waals surface area contributed by atoms with Gasteiger partial charge in [0.2, 0.25) is 12.3 Å². The predicted molar refractivity (Wildman–Crippen MR) is 144 cm³/mol. The molecule has 3 aromatic carbocycles. The topological polar surface area (TPSA) is 113 Å². The van der Waals surface area contributed by atoms with Crippen LogP contribution in [-0.4, -0.2) is 48.5 Å². The van der Waals surface area contributed by atoms with E-state index in [0.717, 1.165) is 0 Å². The second kappa shape index (κ2) is 11.7. The molecule has 1 fully saturated rings. The number of likely N-dealkylation sites (tertiary alicyclic amines) is 1. The smallest absolute Gasteiger partial charge is 0.258 e. The summed E-state index contributed by atoms with van der Waals surface area (Å²) < 4.78 is 0. The van der Waals surface area contributed by atoms with Gasteiger partial charge in [0, 0.05) is 41.5 Å². The van der Waals surface area contributed by atoms with E-state index in [1.807, 2.05) is 30.3 Å². The number of carbonyl (C=O) groups is 4. The average Bonchev–Trinajstić information content (AvgIpc) is 2.93. The first-order chi connectivity index (χ1) is 17.9. The predicted octanol–water partition coefficient (Wildman–Crippen LogP) is 4.26. The highest BCUT2D eigenvalue weighted by atomic mass is 35.5. The molecule has 1 heterocycles. The van der Waals surface area contributed by atoms with Crippen LogP contribution >= 0.6 is 11.6 Å². The molecule has 1 saturated heterocycles. The Bertz CT molecular complexity index is 1290. The van der Waals surface area contributed by atoms with Crippen LogP contribution in [0.25, 0.3) is 0 Å². The van der Waals surface area contributed by atoms with Gasteiger partial charge in [0.05, 0.1) is 10.7 Å². The number of amides is 3. The van der Waals surface area contributed by atoms with Crippen LogP contribution in [0.1, 0.15) is 33.6 Å². The molecule has 0 unspecified atom stereocenters. The van der Waals surface area contributed by atoms with Crippen LogP contribution in [0, 0.1) is 5.92 Å². The molecule has 8 nitrogen and oxygen atoms in total. The molecule has 0 aliphatic carbocycles. The Kier molecular flexibility index (Phi) is 8.20. The molecule has 3 aromatic rings. The zero-order valence-electron chi connectivity index (χ0n) is 20.1. The summed E-state index contributed by atoms with van der Waals surface area (Å²) in [6.45, 7) is 0.666. The molecule has 9 heteroatoms. The van der Waals surface area contributed by atoms with Crippen LogP contribution in [0.4, 0.5) is 17.1 Å². The van der Waals surface area contributed by atoms with E-state index >= 15 is 0 Å². The summed E-state index contributed by atoms with van der Waals surface area (Å²) in [7, 11) is 0. The normalized spacial score (nSPS) is 13.6. The molecule has 0 aromatic heterocycles. The van der Waals surface area contributed by atoms with Gasteiger partial charge in [-0.1, -0.05) is 41.9 Å². The number of halogens is 1. The maximum absolute atomic E-state index is 13.5. The number of benzene rings is 3. The first-order valence-corrected chi connectivity index (χ1v) is 12.3. The van der Waals surface area contributed by atoms with Crippen LogP contribution in [-0.2, 0) is 9.59 Å². The zero-order chi connectivity index (χ0) is 26.4. The third kappa shape index (κ3) is 6.16. The fourth-order valence-corrected chi connectivity index (χ4v) is 4.50. The number of hydrogen-bond donors (Lipinski definition) is 2. The molecule has 3 amide bonds. The number of Topliss-reactive ketones (excluding diaryl/α,β-unsaturated/α-hetero) is 1. The first kappa shape index (κ1) is 25.9. The number of nitrogens with two attached hydrogens (primary N) is 1. The number of ketones is 1. The van der Waals surface area contributed by atoms with Gasteiger partial charge in [-0.15, -0.1) is 0 Å². The average molecular weight is 519 g/mol. The van der Waals surface area contributed by atoms with Crippen molar-refractivity contribution in [2.75, 3.05) is 35.6 Å². The van der Waals surface area contributed by atoms with E-state index in [0.29, 0.717) is 54.3 Å². The third-order valence-electron chi connectivity index (χ3n) is 6.46. The monoisotopic (exact) mass is 518 g/mol. The second-order valence-electron chi connectivity index (χ2n) is 8.82. The SMILES string of the molecule is Nc1cc(C(=O)N(CC(=O)N2CCC(C(=O)c3ccccc3)CC2)c2ccc(NC=O)cc2)ccc1Cl. The van der Waals surface area contributed by atoms with E-state index in [9.17, 15) is 19.2 Å². The minimum Gasteiger partial charge on any atom is -0.398 e. The van der Waals surface area contributed by atoms with Crippen molar-refractivity contribution in [3.63, 3.8) is 0 Å². The molecule has 37 heavy (non-hydrogen) atoms. The standard InChI is InChI=1S/C28H27ClN4O4/c29-24-11-6-21(16-25(24)30)28(37)33(23-9-7-22(8-10-23)31-18-34)17-26(35)32-14-12-20(13-15-32)27(36)19-4-2-1-3-5-19/h1-11,16,18,20H,12-15,17,30H2,(H,31,34). The highest BCUT2D eigenvalue weighted by Gasteiger charge is 2.30. The van der Waals surface area contributed by atoms with Crippen molar-refractivity contribution < 1.29 is 19.2 Å². The van der Waals surface area contributed by atoms with Gasteiger partial charge >= 0.3 is 0 Å². The molecule has 0 bridgehead atoms. The molecule has 4 rings (SSSR count). The fourth-order valence-electron chi connectivity index (χ4n) is 4.38. The maximum Gasteiger partial charge on any atom is 0.258 e. The summed E-state index contributed by atoms with van der Waals surface area (Å²) in [5, 5.41) is 2.88. The van der Waals surface area contributed by atoms with Gasteiger partial charge in [-0.05, 0) is 55.3 Å². The molecule has 1 aliphatic rings. The number of nitrogen functional groups attached to an aromatic ring is 1. The van der Waals surface area contributed by atoms with Gasteiger partial charge in [0.25, 0.3) is 5.91 Å². The van der Waals surface area contributed by atoms with Gasteiger partial charge in [-0.3, -0.25) is 24.1 Å². The molecule has 3 N–H and O–H groups in total. The Hall–Kier alpha value is -4.17. The Morgan fingerprint density at radius 1 is 0.973 bits per heavy atom. The van der Waals surface area contributed by atoms with Gasteiger partial charge in [-0.2, -0.15) is 0 Å². The van der Waals surface area contributed by atoms with Gasteiger partial charge < -0.3 is 16.0 Å². The minimum atomic E-state index is -0.415. The van der Waals surface area contributed by atoms with E-state index in [1.54, 1.807) is 35.2 Å². The summed E-state index contributed by atoms with van der Waals surface area (Å²) in [5.41, 5.74) is 8.17. The van der Waals surface area contributed by atoms with E-state index in [2.05, 4.69) is 5.32 Å². The van der Waals surface area contributed by atoms with Crippen LogP contribution in [0.2, 0.25) is 5.02 Å². The van der Waals surface area contributed by atoms with Crippen LogP contribution in [0.15, 0.2) is 72.8 Å². The lowest BCUT2D eigenvalue weighted by Crippen LogP contribution is -2.46. The molecule has 0 saturated carbocycles. The van der Waals surface area contributed by atoms with Crippen LogP contribution in [0.3, 0.4) is 0 Å². The first-order valence-electron chi connectivity index (χ1n) is 11.9. The van der Waals surface area contributed by atoms with E-state index in [-0.39, 0.29) is 35.4 Å². The molecule has 0 atom stereocenters. The second-order valence-corrected chi connectivity index (χ2v) is 9.23. The number of anilines is 3. The van der Waals surface area contributed by atoms with Crippen molar-refractivity contribution in [2.24, 2.45) is 5.92 Å². The third-order valence-corrected chi connectivity index (χ3v) is 6.81. The quantitative estimate of drug-likeness (QED) is 0.263. The number of piperidine rings is 1. The summed E-state index contributed by atoms with van der Waals surface area (Å²) in [4.78, 5) is 53.4. The number of rotatable bonds is 8. The molecule has 0 spiro atoms. The van der Waals surface area contributed by atoms with Crippen molar-refractivity contribution in [3.8, 4) is 0 Å². The summed E-state index contributed by atoms with van der Waals surface area (Å²) in [6.07, 6.45) is 1.69. The summed E-state index contributed by atoms with van der Waals surface area (Å²) in [6, 6.07) is 20.3. The van der Waals surface area contributed by atoms with Crippen molar-refractivity contribution in [1.82, 2.24) is 4.90 Å². The molecular weight excluding hydrogens is 492 g/mol. The van der Waals surface area contributed by atoms with Crippen LogP contribution in [0.5, 0.6) is 0 Å². The number of carbonyl (C=O) groups excluding carboxylic acids is 4. The number of nitrogens with one attached hydrogen (secondary N) is 1. The number of nitrogens with zero attached hydrogens (tertiary/aromatic N) is 2. The molecular formula is C28H27ClN4O4. The molecule has 0 radical (unpaired) electrons. The summed E-state index contributed by atoms with van der Waals surface area (Å²) in [5.74, 6) is -0.689. The lowest BCUT2D eigenvalue weighted by Gasteiger charge is -2.33. The maximum atomic E-state index is 13.5. The molecule has 1 aliphatic heterocycles. The van der Waals surface area contributed by atoms with Crippen molar-refractivity contribution in [2.45, 2.75) is 12.8 Å². The van der Waals surface area contributed by atoms with Gasteiger partial charge in [-0.25, -0.2) is 0 Å². The van der Waals surface area contributed by atoms with E-state index in [4.69, 9.17) is 17.3 Å². The van der Waals surface area contributed by atoms with E-state index in [1.165, 1.54) is 17.0 Å². The lowest BCUT2D eigenvalue weighted by atomic mass is 9.89. The Morgan fingerprint density at radius 3 is 2.27 bits per heavy atom. The van der Waals surface area contributed by atoms with Crippen molar-refractivity contribution in [1.29, 1.82) is 0 Å². The minimum absolute atomic E-state index is 0.0915. The Morgan fingerprint density at radius 2 is 1.65 bits per heavy atom. The Balaban J connectivity index is 1.49. The number of hydrogen-bond acceptors (Lipinski definition) is 5. The molecule has 190 valence electrons. The van der Waals surface area contributed by atoms with Gasteiger partial charge in [0.1, 0.15) is 6.54 Å². The van der Waals surface area contributed by atoms with Gasteiger partial charge in [0.15, 0.2) is 5.78 Å². The van der Waals surface area contributed by atoms with E-state index < -0.39 is 5.91 Å². The largest absolute Gasteiger partial charge is 0.398 e. The van der Waals surface area contributed by atoms with Crippen molar-refractivity contribution >= 4 is 52.7 Å². The zero-order valence-corrected chi connectivity index (χ0v) is 20.9. The lowest BCUT2D eigenvalue weighted by molar-refractivity contribution is -0.130. The highest BCUT2D eigenvalue weighted by Crippen LogP contribution is 2.26. The van der Waals surface area contributed by atoms with Crippen LogP contribution < -0.4 is 16.0 Å². The highest BCUT2D eigenvalue weighted by molar-refractivity contribution is 6.33. The van der Waals surface area contributed by atoms with Crippen molar-refractivity contribution in [3.05, 3.63) is 88.9 Å². The Labute approximate surface area is 220 Å². The summed E-state index contributed by atoms with van der Waals surface area (Å²) >= 11 is 6.02. The fraction of sp³-hybridized carbons (Fsp3) is 0.214.